The summed E-state index contributed by atoms with van der Waals surface area (Å²) in [5, 5.41) is 0.697. The lowest BCUT2D eigenvalue weighted by atomic mass is 10.2. The van der Waals surface area contributed by atoms with E-state index < -0.39 is 5.82 Å². The summed E-state index contributed by atoms with van der Waals surface area (Å²) in [5.41, 5.74) is 1.33. The van der Waals surface area contributed by atoms with Crippen LogP contribution in [-0.4, -0.2) is 67.6 Å². The molecule has 0 spiro atoms. The van der Waals surface area contributed by atoms with Gasteiger partial charge in [0.15, 0.2) is 0 Å². The van der Waals surface area contributed by atoms with Gasteiger partial charge in [-0.1, -0.05) is 23.7 Å². The number of carbonyl (C=O) groups is 2. The van der Waals surface area contributed by atoms with Crippen LogP contribution in [0.1, 0.15) is 0 Å². The second kappa shape index (κ2) is 8.29. The highest BCUT2D eigenvalue weighted by molar-refractivity contribution is 6.30. The molecule has 0 saturated carbocycles. The van der Waals surface area contributed by atoms with Gasteiger partial charge in [0.2, 0.25) is 5.91 Å². The SMILES string of the molecule is O=C(CN1CCN(c2ccccc2F)C1=O)N1CCN(c2ccc(Cl)cc2)CC1. The first-order chi connectivity index (χ1) is 14.0. The van der Waals surface area contributed by atoms with Gasteiger partial charge in [-0.2, -0.15) is 0 Å². The van der Waals surface area contributed by atoms with Gasteiger partial charge in [-0.3, -0.25) is 9.69 Å². The predicted octanol–water partition coefficient (Wildman–Crippen LogP) is 3.07. The van der Waals surface area contributed by atoms with E-state index in [1.54, 1.807) is 23.1 Å². The van der Waals surface area contributed by atoms with Gasteiger partial charge in [0.25, 0.3) is 0 Å². The monoisotopic (exact) mass is 416 g/mol. The van der Waals surface area contributed by atoms with E-state index in [0.29, 0.717) is 31.2 Å². The van der Waals surface area contributed by atoms with Crippen molar-refractivity contribution in [3.05, 3.63) is 59.4 Å². The number of amides is 3. The lowest BCUT2D eigenvalue weighted by Gasteiger charge is -2.36. The van der Waals surface area contributed by atoms with Gasteiger partial charge in [0.05, 0.1) is 5.69 Å². The Kier molecular flexibility index (Phi) is 5.58. The number of anilines is 2. The Hall–Kier alpha value is -2.80. The van der Waals surface area contributed by atoms with Crippen LogP contribution in [0.2, 0.25) is 5.02 Å². The van der Waals surface area contributed by atoms with Crippen LogP contribution in [0.5, 0.6) is 0 Å². The first kappa shape index (κ1) is 19.5. The molecule has 0 aromatic heterocycles. The zero-order valence-electron chi connectivity index (χ0n) is 15.9. The quantitative estimate of drug-likeness (QED) is 0.769. The van der Waals surface area contributed by atoms with Crippen molar-refractivity contribution in [3.63, 3.8) is 0 Å². The van der Waals surface area contributed by atoms with E-state index >= 15 is 0 Å². The maximum Gasteiger partial charge on any atom is 0.325 e. The van der Waals surface area contributed by atoms with Crippen molar-refractivity contribution >= 4 is 34.9 Å². The van der Waals surface area contributed by atoms with Gasteiger partial charge in [-0.15, -0.1) is 0 Å². The zero-order valence-corrected chi connectivity index (χ0v) is 16.7. The number of para-hydroxylation sites is 1. The normalized spacial score (nSPS) is 17.2. The maximum atomic E-state index is 14.0. The smallest absolute Gasteiger partial charge is 0.325 e. The molecular weight excluding hydrogens is 395 g/mol. The van der Waals surface area contributed by atoms with Crippen LogP contribution >= 0.6 is 11.6 Å². The highest BCUT2D eigenvalue weighted by atomic mass is 35.5. The molecule has 2 aliphatic heterocycles. The first-order valence-corrected chi connectivity index (χ1v) is 10.00. The van der Waals surface area contributed by atoms with Gasteiger partial charge < -0.3 is 14.7 Å². The molecule has 2 heterocycles. The minimum atomic E-state index is -0.438. The molecule has 152 valence electrons. The summed E-state index contributed by atoms with van der Waals surface area (Å²) in [4.78, 5) is 32.2. The third-order valence-electron chi connectivity index (χ3n) is 5.39. The third-order valence-corrected chi connectivity index (χ3v) is 5.64. The van der Waals surface area contributed by atoms with Gasteiger partial charge in [0.1, 0.15) is 12.4 Å². The standard InChI is InChI=1S/C21H22ClFN4O2/c22-16-5-7-17(8-6-16)24-9-11-25(12-10-24)20(28)15-26-13-14-27(21(26)29)19-4-2-1-3-18(19)23/h1-8H,9-15H2. The molecule has 2 saturated heterocycles. The Labute approximate surface area is 174 Å². The summed E-state index contributed by atoms with van der Waals surface area (Å²) in [6, 6.07) is 13.5. The maximum absolute atomic E-state index is 14.0. The summed E-state index contributed by atoms with van der Waals surface area (Å²) < 4.78 is 14.0. The molecular formula is C21H22ClFN4O2. The Bertz CT molecular complexity index is 900. The minimum absolute atomic E-state index is 0.0186. The molecule has 2 aliphatic rings. The van der Waals surface area contributed by atoms with Crippen LogP contribution in [0.25, 0.3) is 0 Å². The minimum Gasteiger partial charge on any atom is -0.368 e. The molecule has 0 N–H and O–H groups in total. The summed E-state index contributed by atoms with van der Waals surface area (Å²) >= 11 is 5.94. The highest BCUT2D eigenvalue weighted by Gasteiger charge is 2.33. The largest absolute Gasteiger partial charge is 0.368 e. The summed E-state index contributed by atoms with van der Waals surface area (Å²) in [6.45, 7) is 3.44. The number of carbonyl (C=O) groups excluding carboxylic acids is 2. The van der Waals surface area contributed by atoms with Crippen molar-refractivity contribution in [3.8, 4) is 0 Å². The molecule has 6 nitrogen and oxygen atoms in total. The fourth-order valence-corrected chi connectivity index (χ4v) is 3.88. The average Bonchev–Trinajstić information content (AvgIpc) is 3.09. The summed E-state index contributed by atoms with van der Waals surface area (Å²) in [5.74, 6) is -0.517. The molecule has 0 bridgehead atoms. The summed E-state index contributed by atoms with van der Waals surface area (Å²) in [6.07, 6.45) is 0. The number of piperazine rings is 1. The molecule has 2 fully saturated rings. The number of urea groups is 1. The first-order valence-electron chi connectivity index (χ1n) is 9.62. The van der Waals surface area contributed by atoms with Crippen LogP contribution < -0.4 is 9.80 Å². The van der Waals surface area contributed by atoms with E-state index in [-0.39, 0.29) is 24.2 Å². The van der Waals surface area contributed by atoms with E-state index in [0.717, 1.165) is 18.8 Å². The topological polar surface area (TPSA) is 47.1 Å². The second-order valence-corrected chi connectivity index (χ2v) is 7.59. The molecule has 0 unspecified atom stereocenters. The molecule has 29 heavy (non-hydrogen) atoms. The van der Waals surface area contributed by atoms with Crippen LogP contribution in [0, 0.1) is 5.82 Å². The van der Waals surface area contributed by atoms with Gasteiger partial charge in [-0.05, 0) is 36.4 Å². The van der Waals surface area contributed by atoms with Crippen LogP contribution in [-0.2, 0) is 4.79 Å². The van der Waals surface area contributed by atoms with E-state index in [2.05, 4.69) is 4.90 Å². The number of hydrogen-bond acceptors (Lipinski definition) is 3. The number of rotatable bonds is 4. The van der Waals surface area contributed by atoms with Crippen LogP contribution in [0.4, 0.5) is 20.6 Å². The number of benzene rings is 2. The number of hydrogen-bond donors (Lipinski definition) is 0. The highest BCUT2D eigenvalue weighted by Crippen LogP contribution is 2.24. The lowest BCUT2D eigenvalue weighted by molar-refractivity contribution is -0.131. The Morgan fingerprint density at radius 1 is 0.931 bits per heavy atom. The average molecular weight is 417 g/mol. The summed E-state index contributed by atoms with van der Waals surface area (Å²) in [7, 11) is 0. The van der Waals surface area contributed by atoms with E-state index in [4.69, 9.17) is 11.6 Å². The second-order valence-electron chi connectivity index (χ2n) is 7.15. The fourth-order valence-electron chi connectivity index (χ4n) is 3.75. The van der Waals surface area contributed by atoms with Crippen molar-refractivity contribution < 1.29 is 14.0 Å². The predicted molar refractivity (Wildman–Crippen MR) is 111 cm³/mol. The van der Waals surface area contributed by atoms with E-state index in [9.17, 15) is 14.0 Å². The molecule has 4 rings (SSSR count). The van der Waals surface area contributed by atoms with Gasteiger partial charge in [0, 0.05) is 50.0 Å². The van der Waals surface area contributed by atoms with Crippen molar-refractivity contribution in [1.29, 1.82) is 0 Å². The Balaban J connectivity index is 1.32. The molecule has 0 aliphatic carbocycles. The number of nitrogens with zero attached hydrogens (tertiary/aromatic N) is 4. The van der Waals surface area contributed by atoms with Gasteiger partial charge in [-0.25, -0.2) is 9.18 Å². The molecule has 2 aromatic carbocycles. The molecule has 3 amide bonds. The van der Waals surface area contributed by atoms with Crippen molar-refractivity contribution in [2.24, 2.45) is 0 Å². The molecule has 2 aromatic rings. The van der Waals surface area contributed by atoms with E-state index in [1.807, 2.05) is 24.3 Å². The van der Waals surface area contributed by atoms with E-state index in [1.165, 1.54) is 15.9 Å². The Morgan fingerprint density at radius 3 is 2.31 bits per heavy atom. The van der Waals surface area contributed by atoms with Crippen molar-refractivity contribution in [1.82, 2.24) is 9.80 Å². The van der Waals surface area contributed by atoms with Crippen molar-refractivity contribution in [2.75, 3.05) is 55.6 Å². The van der Waals surface area contributed by atoms with Crippen LogP contribution in [0.3, 0.4) is 0 Å². The number of halogens is 2. The molecule has 8 heteroatoms. The molecule has 0 radical (unpaired) electrons. The molecule has 0 atom stereocenters. The van der Waals surface area contributed by atoms with Crippen LogP contribution in [0.15, 0.2) is 48.5 Å². The van der Waals surface area contributed by atoms with Crippen molar-refractivity contribution in [2.45, 2.75) is 0 Å². The Morgan fingerprint density at radius 2 is 1.62 bits per heavy atom. The lowest BCUT2D eigenvalue weighted by Crippen LogP contribution is -2.51. The third kappa shape index (κ3) is 4.15. The fraction of sp³-hybridized carbons (Fsp3) is 0.333. The van der Waals surface area contributed by atoms with Gasteiger partial charge >= 0.3 is 6.03 Å². The zero-order chi connectivity index (χ0) is 20.4.